The van der Waals surface area contributed by atoms with Crippen LogP contribution in [-0.2, 0) is 9.53 Å². The predicted octanol–water partition coefficient (Wildman–Crippen LogP) is 4.12. The van der Waals surface area contributed by atoms with E-state index in [0.29, 0.717) is 0 Å². The lowest BCUT2D eigenvalue weighted by Gasteiger charge is -2.09. The Morgan fingerprint density at radius 1 is 1.00 bits per heavy atom. The number of nitrogens with one attached hydrogen (secondary N) is 1. The SMILES string of the molecule is CCOC(=O)C(=CNc1ccc(F)cc1)C(=O)c1cc(F)c(F)c(F)c1F. The van der Waals surface area contributed by atoms with Crippen molar-refractivity contribution in [3.05, 3.63) is 76.8 Å². The zero-order valence-corrected chi connectivity index (χ0v) is 13.8. The molecule has 0 bridgehead atoms. The second-order valence-electron chi connectivity index (χ2n) is 5.11. The number of anilines is 1. The number of Topliss-reactive ketones (excluding diaryl/α,β-unsaturated/α-hetero) is 1. The number of esters is 1. The van der Waals surface area contributed by atoms with Crippen LogP contribution in [0.5, 0.6) is 0 Å². The van der Waals surface area contributed by atoms with Crippen molar-refractivity contribution in [3.63, 3.8) is 0 Å². The van der Waals surface area contributed by atoms with Crippen LogP contribution in [0.3, 0.4) is 0 Å². The molecule has 0 heterocycles. The van der Waals surface area contributed by atoms with Gasteiger partial charge in [-0.3, -0.25) is 4.79 Å². The molecule has 4 nitrogen and oxygen atoms in total. The summed E-state index contributed by atoms with van der Waals surface area (Å²) in [5.74, 6) is -11.2. The zero-order chi connectivity index (χ0) is 20.1. The van der Waals surface area contributed by atoms with Crippen LogP contribution in [-0.4, -0.2) is 18.4 Å². The number of carbonyl (C=O) groups excluding carboxylic acids is 2. The number of hydrogen-bond acceptors (Lipinski definition) is 4. The fourth-order valence-electron chi connectivity index (χ4n) is 2.01. The van der Waals surface area contributed by atoms with E-state index >= 15 is 0 Å². The van der Waals surface area contributed by atoms with Gasteiger partial charge in [-0.15, -0.1) is 0 Å². The minimum atomic E-state index is -2.19. The summed E-state index contributed by atoms with van der Waals surface area (Å²) in [6, 6.07) is 4.87. The largest absolute Gasteiger partial charge is 0.462 e. The lowest BCUT2D eigenvalue weighted by molar-refractivity contribution is -0.138. The van der Waals surface area contributed by atoms with Crippen LogP contribution in [0.4, 0.5) is 27.6 Å². The van der Waals surface area contributed by atoms with Crippen LogP contribution in [0.15, 0.2) is 42.1 Å². The summed E-state index contributed by atoms with van der Waals surface area (Å²) in [6.07, 6.45) is 0.812. The average molecular weight is 385 g/mol. The third-order valence-corrected chi connectivity index (χ3v) is 3.31. The molecule has 2 aromatic rings. The molecule has 0 unspecified atom stereocenters. The highest BCUT2D eigenvalue weighted by molar-refractivity contribution is 6.24. The Morgan fingerprint density at radius 3 is 2.22 bits per heavy atom. The number of halogens is 5. The minimum absolute atomic E-state index is 0.140. The van der Waals surface area contributed by atoms with Crippen molar-refractivity contribution in [3.8, 4) is 0 Å². The normalized spacial score (nSPS) is 11.3. The Kier molecular flexibility index (Phi) is 6.27. The van der Waals surface area contributed by atoms with Crippen molar-refractivity contribution in [2.45, 2.75) is 6.92 Å². The molecule has 0 amide bonds. The molecule has 27 heavy (non-hydrogen) atoms. The van der Waals surface area contributed by atoms with Gasteiger partial charge in [-0.1, -0.05) is 0 Å². The molecular formula is C18H12F5NO3. The van der Waals surface area contributed by atoms with Crippen molar-refractivity contribution in [1.29, 1.82) is 0 Å². The first kappa shape index (κ1) is 20.1. The van der Waals surface area contributed by atoms with E-state index in [1.165, 1.54) is 19.1 Å². The molecule has 142 valence electrons. The lowest BCUT2D eigenvalue weighted by atomic mass is 10.0. The molecule has 0 saturated carbocycles. The summed E-state index contributed by atoms with van der Waals surface area (Å²) >= 11 is 0. The Labute approximate surface area is 150 Å². The molecule has 0 fully saturated rings. The summed E-state index contributed by atoms with van der Waals surface area (Å²) in [4.78, 5) is 24.4. The molecule has 0 aliphatic carbocycles. The van der Waals surface area contributed by atoms with Gasteiger partial charge in [-0.05, 0) is 37.3 Å². The van der Waals surface area contributed by atoms with E-state index < -0.39 is 52.0 Å². The van der Waals surface area contributed by atoms with Crippen molar-refractivity contribution < 1.29 is 36.3 Å². The van der Waals surface area contributed by atoms with E-state index in [4.69, 9.17) is 0 Å². The van der Waals surface area contributed by atoms with Gasteiger partial charge in [0.1, 0.15) is 11.4 Å². The molecule has 1 N–H and O–H groups in total. The molecule has 0 saturated heterocycles. The van der Waals surface area contributed by atoms with Crippen molar-refractivity contribution >= 4 is 17.4 Å². The van der Waals surface area contributed by atoms with Crippen LogP contribution in [0, 0.1) is 29.1 Å². The molecular weight excluding hydrogens is 373 g/mol. The summed E-state index contributed by atoms with van der Waals surface area (Å²) in [7, 11) is 0. The van der Waals surface area contributed by atoms with E-state index in [0.717, 1.165) is 18.3 Å². The van der Waals surface area contributed by atoms with Gasteiger partial charge in [-0.2, -0.15) is 0 Å². The smallest absolute Gasteiger partial charge is 0.343 e. The predicted molar refractivity (Wildman–Crippen MR) is 85.3 cm³/mol. The van der Waals surface area contributed by atoms with E-state index in [9.17, 15) is 31.5 Å². The third kappa shape index (κ3) is 4.49. The molecule has 0 aliphatic heterocycles. The molecule has 0 aromatic heterocycles. The topological polar surface area (TPSA) is 55.4 Å². The molecule has 0 radical (unpaired) electrons. The first-order valence-corrected chi connectivity index (χ1v) is 7.53. The fraction of sp³-hybridized carbons (Fsp3) is 0.111. The van der Waals surface area contributed by atoms with Crippen molar-refractivity contribution in [2.24, 2.45) is 0 Å². The van der Waals surface area contributed by atoms with Crippen molar-refractivity contribution in [2.75, 3.05) is 11.9 Å². The molecule has 0 atom stereocenters. The molecule has 2 rings (SSSR count). The molecule has 9 heteroatoms. The van der Waals surface area contributed by atoms with Gasteiger partial charge in [0.15, 0.2) is 23.3 Å². The zero-order valence-electron chi connectivity index (χ0n) is 13.8. The summed E-state index contributed by atoms with van der Waals surface area (Å²) in [5, 5.41) is 2.49. The number of benzene rings is 2. The van der Waals surface area contributed by atoms with Gasteiger partial charge in [0.05, 0.1) is 12.2 Å². The van der Waals surface area contributed by atoms with Crippen LogP contribution >= 0.6 is 0 Å². The number of carbonyl (C=O) groups is 2. The number of rotatable bonds is 6. The van der Waals surface area contributed by atoms with E-state index in [1.807, 2.05) is 0 Å². The van der Waals surface area contributed by atoms with Crippen LogP contribution in [0.2, 0.25) is 0 Å². The van der Waals surface area contributed by atoms with Gasteiger partial charge < -0.3 is 10.1 Å². The quantitative estimate of drug-likeness (QED) is 0.119. The Morgan fingerprint density at radius 2 is 1.63 bits per heavy atom. The highest BCUT2D eigenvalue weighted by atomic mass is 19.2. The van der Waals surface area contributed by atoms with Gasteiger partial charge in [0, 0.05) is 11.9 Å². The van der Waals surface area contributed by atoms with E-state index in [2.05, 4.69) is 10.1 Å². The van der Waals surface area contributed by atoms with Gasteiger partial charge >= 0.3 is 5.97 Å². The number of ketones is 1. The standard InChI is InChI=1S/C18H12F5NO3/c1-2-27-18(26)12(8-24-10-5-3-9(19)4-6-10)17(25)11-7-13(20)15(22)16(23)14(11)21/h3-8,24H,2H2,1H3. The summed E-state index contributed by atoms with van der Waals surface area (Å²) in [6.45, 7) is 1.29. The van der Waals surface area contributed by atoms with Gasteiger partial charge in [0.25, 0.3) is 0 Å². The van der Waals surface area contributed by atoms with Crippen LogP contribution in [0.1, 0.15) is 17.3 Å². The molecule has 2 aromatic carbocycles. The third-order valence-electron chi connectivity index (χ3n) is 3.31. The number of ether oxygens (including phenoxy) is 1. The Hall–Kier alpha value is -3.23. The second-order valence-corrected chi connectivity index (χ2v) is 5.11. The van der Waals surface area contributed by atoms with Crippen LogP contribution in [0.25, 0.3) is 0 Å². The monoisotopic (exact) mass is 385 g/mol. The van der Waals surface area contributed by atoms with E-state index in [1.54, 1.807) is 0 Å². The fourth-order valence-corrected chi connectivity index (χ4v) is 2.01. The highest BCUT2D eigenvalue weighted by Gasteiger charge is 2.28. The van der Waals surface area contributed by atoms with Crippen molar-refractivity contribution in [1.82, 2.24) is 0 Å². The van der Waals surface area contributed by atoms with Gasteiger partial charge in [0.2, 0.25) is 5.78 Å². The number of hydrogen-bond donors (Lipinski definition) is 1. The molecule has 0 spiro atoms. The maximum Gasteiger partial charge on any atom is 0.343 e. The summed E-state index contributed by atoms with van der Waals surface area (Å²) in [5.41, 5.74) is -1.74. The van der Waals surface area contributed by atoms with Crippen LogP contribution < -0.4 is 5.32 Å². The molecule has 0 aliphatic rings. The first-order chi connectivity index (χ1) is 12.8. The first-order valence-electron chi connectivity index (χ1n) is 7.53. The average Bonchev–Trinajstić information content (AvgIpc) is 2.64. The maximum atomic E-state index is 13.9. The Bertz CT molecular complexity index is 910. The minimum Gasteiger partial charge on any atom is -0.462 e. The lowest BCUT2D eigenvalue weighted by Crippen LogP contribution is -2.19. The maximum absolute atomic E-state index is 13.9. The summed E-state index contributed by atoms with van der Waals surface area (Å²) < 4.78 is 71.2. The van der Waals surface area contributed by atoms with E-state index in [-0.39, 0.29) is 18.4 Å². The van der Waals surface area contributed by atoms with Gasteiger partial charge in [-0.25, -0.2) is 26.7 Å². The second kappa shape index (κ2) is 8.43. The highest BCUT2D eigenvalue weighted by Crippen LogP contribution is 2.22. The Balaban J connectivity index is 2.45.